The van der Waals surface area contributed by atoms with Crippen molar-refractivity contribution in [3.8, 4) is 5.69 Å². The normalized spacial score (nSPS) is 11.6. The van der Waals surface area contributed by atoms with Gasteiger partial charge in [0, 0.05) is 10.7 Å². The van der Waals surface area contributed by atoms with Crippen LogP contribution in [0, 0.1) is 23.3 Å². The van der Waals surface area contributed by atoms with E-state index in [2.05, 4.69) is 4.98 Å². The molecule has 0 fully saturated rings. The van der Waals surface area contributed by atoms with E-state index in [0.717, 1.165) is 65.2 Å². The van der Waals surface area contributed by atoms with Crippen molar-refractivity contribution in [2.24, 2.45) is 0 Å². The zero-order chi connectivity index (χ0) is 29.6. The van der Waals surface area contributed by atoms with Gasteiger partial charge in [-0.05, 0) is 66.7 Å². The molecule has 13 heteroatoms. The quantitative estimate of drug-likeness (QED) is 0.159. The molecule has 2 amide bonds. The number of halogens is 8. The lowest BCUT2D eigenvalue weighted by Gasteiger charge is -2.22. The van der Waals surface area contributed by atoms with Gasteiger partial charge < -0.3 is 0 Å². The van der Waals surface area contributed by atoms with Gasteiger partial charge in [-0.2, -0.15) is 13.2 Å². The first-order valence-corrected chi connectivity index (χ1v) is 11.9. The summed E-state index contributed by atoms with van der Waals surface area (Å²) in [6, 6.07) is 13.3. The molecule has 0 unspecified atom stereocenters. The molecule has 0 radical (unpaired) electrons. The van der Waals surface area contributed by atoms with E-state index in [4.69, 9.17) is 11.6 Å². The topological polar surface area (TPSA) is 55.2 Å². The van der Waals surface area contributed by atoms with Crippen LogP contribution in [0.2, 0.25) is 5.02 Å². The largest absolute Gasteiger partial charge is 0.450 e. The fourth-order valence-corrected chi connectivity index (χ4v) is 4.32. The van der Waals surface area contributed by atoms with Gasteiger partial charge >= 0.3 is 6.18 Å². The number of carbonyl (C=O) groups excluding carboxylic acids is 2. The first-order chi connectivity index (χ1) is 19.4. The number of imidazole rings is 1. The maximum Gasteiger partial charge on any atom is 0.450 e. The third-order valence-corrected chi connectivity index (χ3v) is 6.24. The van der Waals surface area contributed by atoms with E-state index in [-0.39, 0.29) is 32.3 Å². The second-order valence-corrected chi connectivity index (χ2v) is 9.00. The van der Waals surface area contributed by atoms with Gasteiger partial charge in [-0.25, -0.2) is 27.4 Å². The SMILES string of the molecule is O=C(c1cccc(F)c1F)N(C(=O)c1cccc(F)c1F)c1ccc(-n2c(C(F)(F)F)nc3ccc(Cl)cc32)cc1. The van der Waals surface area contributed by atoms with Crippen LogP contribution in [0.5, 0.6) is 0 Å². The number of imide groups is 1. The van der Waals surface area contributed by atoms with Gasteiger partial charge in [0.15, 0.2) is 23.3 Å². The van der Waals surface area contributed by atoms with E-state index in [0.29, 0.717) is 0 Å². The molecule has 0 aliphatic carbocycles. The predicted molar refractivity (Wildman–Crippen MR) is 135 cm³/mol. The Balaban J connectivity index is 1.67. The third-order valence-electron chi connectivity index (χ3n) is 6.01. The molecule has 208 valence electrons. The molecular weight excluding hydrogens is 579 g/mol. The molecule has 0 aliphatic rings. The molecule has 5 rings (SSSR count). The highest BCUT2D eigenvalue weighted by Gasteiger charge is 2.38. The lowest BCUT2D eigenvalue weighted by Crippen LogP contribution is -2.38. The van der Waals surface area contributed by atoms with E-state index < -0.39 is 58.2 Å². The summed E-state index contributed by atoms with van der Waals surface area (Å²) in [4.78, 5) is 30.6. The van der Waals surface area contributed by atoms with Crippen molar-refractivity contribution in [1.29, 1.82) is 0 Å². The van der Waals surface area contributed by atoms with E-state index in [1.807, 2.05) is 0 Å². The Morgan fingerprint density at radius 3 is 1.80 bits per heavy atom. The monoisotopic (exact) mass is 591 g/mol. The van der Waals surface area contributed by atoms with Gasteiger partial charge in [-0.3, -0.25) is 14.2 Å². The fourth-order valence-electron chi connectivity index (χ4n) is 4.16. The van der Waals surface area contributed by atoms with Gasteiger partial charge in [0.2, 0.25) is 5.82 Å². The summed E-state index contributed by atoms with van der Waals surface area (Å²) in [5.74, 6) is -10.2. The Morgan fingerprint density at radius 2 is 1.29 bits per heavy atom. The van der Waals surface area contributed by atoms with Crippen LogP contribution in [-0.4, -0.2) is 21.4 Å². The van der Waals surface area contributed by atoms with Crippen LogP contribution in [0.3, 0.4) is 0 Å². The number of hydrogen-bond acceptors (Lipinski definition) is 3. The average Bonchev–Trinajstić information content (AvgIpc) is 3.31. The number of benzene rings is 4. The van der Waals surface area contributed by atoms with Gasteiger partial charge in [0.25, 0.3) is 11.8 Å². The zero-order valence-corrected chi connectivity index (χ0v) is 20.9. The molecule has 5 aromatic rings. The Labute approximate surface area is 231 Å². The van der Waals surface area contributed by atoms with E-state index in [1.165, 1.54) is 18.2 Å². The lowest BCUT2D eigenvalue weighted by molar-refractivity contribution is -0.145. The van der Waals surface area contributed by atoms with Gasteiger partial charge in [-0.1, -0.05) is 23.7 Å². The minimum atomic E-state index is -4.90. The van der Waals surface area contributed by atoms with E-state index in [9.17, 15) is 40.3 Å². The molecule has 1 aromatic heterocycles. The summed E-state index contributed by atoms with van der Waals surface area (Å²) in [6.45, 7) is 0. The number of amides is 2. The van der Waals surface area contributed by atoms with Crippen molar-refractivity contribution in [3.05, 3.63) is 124 Å². The molecule has 5 nitrogen and oxygen atoms in total. The summed E-state index contributed by atoms with van der Waals surface area (Å²) in [7, 11) is 0. The summed E-state index contributed by atoms with van der Waals surface area (Å²) in [5.41, 5.74) is -2.35. The second kappa shape index (κ2) is 10.4. The molecule has 0 aliphatic heterocycles. The number of alkyl halides is 3. The van der Waals surface area contributed by atoms with Crippen LogP contribution in [0.15, 0.2) is 78.9 Å². The van der Waals surface area contributed by atoms with Gasteiger partial charge in [-0.15, -0.1) is 0 Å². The molecule has 41 heavy (non-hydrogen) atoms. The highest BCUT2D eigenvalue weighted by molar-refractivity contribution is 6.31. The van der Waals surface area contributed by atoms with Crippen molar-refractivity contribution in [2.45, 2.75) is 6.18 Å². The Morgan fingerprint density at radius 1 is 0.756 bits per heavy atom. The molecule has 0 N–H and O–H groups in total. The molecule has 1 heterocycles. The van der Waals surface area contributed by atoms with Crippen LogP contribution in [0.4, 0.5) is 36.4 Å². The highest BCUT2D eigenvalue weighted by Crippen LogP contribution is 2.35. The molecule has 0 spiro atoms. The number of nitrogens with zero attached hydrogens (tertiary/aromatic N) is 3. The van der Waals surface area contributed by atoms with Crippen LogP contribution in [0.1, 0.15) is 26.5 Å². The summed E-state index contributed by atoms with van der Waals surface area (Å²) < 4.78 is 99.2. The third kappa shape index (κ3) is 5.02. The molecule has 0 saturated carbocycles. The van der Waals surface area contributed by atoms with Gasteiger partial charge in [0.05, 0.1) is 27.8 Å². The maximum absolute atomic E-state index is 14.5. The second-order valence-electron chi connectivity index (χ2n) is 8.57. The van der Waals surface area contributed by atoms with Gasteiger partial charge in [0.1, 0.15) is 0 Å². The maximum atomic E-state index is 14.5. The smallest absolute Gasteiger partial charge is 0.289 e. The minimum absolute atomic E-state index is 0.00903. The number of aromatic nitrogens is 2. The molecule has 4 aromatic carbocycles. The Bertz CT molecular complexity index is 1770. The molecule has 0 atom stereocenters. The van der Waals surface area contributed by atoms with E-state index in [1.54, 1.807) is 0 Å². The fraction of sp³-hybridized carbons (Fsp3) is 0.0357. The Kier molecular flexibility index (Phi) is 7.03. The molecule has 0 saturated heterocycles. The Hall–Kier alpha value is -4.71. The van der Waals surface area contributed by atoms with E-state index >= 15 is 0 Å². The van der Waals surface area contributed by atoms with Crippen LogP contribution >= 0.6 is 11.6 Å². The minimum Gasteiger partial charge on any atom is -0.289 e. The van der Waals surface area contributed by atoms with Crippen molar-refractivity contribution in [3.63, 3.8) is 0 Å². The van der Waals surface area contributed by atoms with Crippen molar-refractivity contribution < 1.29 is 40.3 Å². The van der Waals surface area contributed by atoms with Crippen LogP contribution < -0.4 is 4.90 Å². The summed E-state index contributed by atoms with van der Waals surface area (Å²) >= 11 is 5.98. The first kappa shape index (κ1) is 27.8. The number of anilines is 1. The van der Waals surface area contributed by atoms with Crippen LogP contribution in [-0.2, 0) is 6.18 Å². The highest BCUT2D eigenvalue weighted by atomic mass is 35.5. The lowest BCUT2D eigenvalue weighted by atomic mass is 10.1. The predicted octanol–water partition coefficient (Wildman–Crippen LogP) is 7.74. The van der Waals surface area contributed by atoms with Crippen molar-refractivity contribution in [1.82, 2.24) is 9.55 Å². The number of rotatable bonds is 4. The molecule has 0 bridgehead atoms. The number of carbonyl (C=O) groups is 2. The number of hydrogen-bond donors (Lipinski definition) is 0. The first-order valence-electron chi connectivity index (χ1n) is 11.5. The van der Waals surface area contributed by atoms with Crippen molar-refractivity contribution in [2.75, 3.05) is 4.90 Å². The average molecular weight is 592 g/mol. The molecular formula is C28H13ClF7N3O2. The standard InChI is InChI=1S/C28H13ClF7N3O2/c29-14-7-12-21-22(13-14)38(27(37-21)28(34,35)36)15-8-10-16(11-9-15)39(25(40)17-3-1-5-19(30)23(17)32)26(41)18-4-2-6-20(31)24(18)33/h1-13H. The zero-order valence-electron chi connectivity index (χ0n) is 20.2. The summed E-state index contributed by atoms with van der Waals surface area (Å²) in [5, 5.41) is 0.126. The van der Waals surface area contributed by atoms with Crippen LogP contribution in [0.25, 0.3) is 16.7 Å². The van der Waals surface area contributed by atoms with Crippen molar-refractivity contribution >= 4 is 40.1 Å². The summed E-state index contributed by atoms with van der Waals surface area (Å²) in [6.07, 6.45) is -4.90. The number of fused-ring (bicyclic) bond motifs is 1.